The molecule has 1 aromatic heterocycles. The summed E-state index contributed by atoms with van der Waals surface area (Å²) >= 11 is 1.25. The van der Waals surface area contributed by atoms with Gasteiger partial charge in [0.2, 0.25) is 0 Å². The second kappa shape index (κ2) is 12.7. The summed E-state index contributed by atoms with van der Waals surface area (Å²) in [4.78, 5) is 22.5. The second-order valence-corrected chi connectivity index (χ2v) is 14.3. The highest BCUT2D eigenvalue weighted by Gasteiger charge is 2.26. The van der Waals surface area contributed by atoms with Crippen LogP contribution in [0.3, 0.4) is 0 Å². The van der Waals surface area contributed by atoms with Crippen LogP contribution in [0.2, 0.25) is 0 Å². The van der Waals surface area contributed by atoms with Crippen molar-refractivity contribution < 1.29 is 21.6 Å². The normalized spacial score (nSPS) is 12.1. The number of anilines is 2. The summed E-state index contributed by atoms with van der Waals surface area (Å²) in [5.41, 5.74) is 1.48. The van der Waals surface area contributed by atoms with Gasteiger partial charge in [-0.3, -0.25) is 14.0 Å². The number of rotatable bonds is 12. The average Bonchev–Trinajstić information content (AvgIpc) is 3.39. The lowest BCUT2D eigenvalue weighted by atomic mass is 10.2. The minimum atomic E-state index is -3.84. The molecule has 4 rings (SSSR count). The van der Waals surface area contributed by atoms with Gasteiger partial charge in [-0.15, -0.1) is 0 Å². The molecule has 218 valence electrons. The number of benzene rings is 3. The molecule has 9 nitrogen and oxygen atoms in total. The first-order valence-electron chi connectivity index (χ1n) is 13.3. The number of hydrogen-bond acceptors (Lipinski definition) is 8. The maximum absolute atomic E-state index is 13.8. The first-order chi connectivity index (χ1) is 19.5. The van der Waals surface area contributed by atoms with E-state index < -0.39 is 19.9 Å². The highest BCUT2D eigenvalue weighted by molar-refractivity contribution is 7.92. The molecule has 0 aliphatic rings. The number of amides is 1. The van der Waals surface area contributed by atoms with Gasteiger partial charge in [0.05, 0.1) is 25.7 Å². The van der Waals surface area contributed by atoms with Crippen LogP contribution in [0.15, 0.2) is 82.6 Å². The molecule has 1 heterocycles. The minimum Gasteiger partial charge on any atom is -0.302 e. The van der Waals surface area contributed by atoms with E-state index in [1.807, 2.05) is 19.9 Å². The Morgan fingerprint density at radius 3 is 2.02 bits per heavy atom. The monoisotopic (exact) mass is 614 g/mol. The highest BCUT2D eigenvalue weighted by atomic mass is 32.2. The van der Waals surface area contributed by atoms with Gasteiger partial charge in [-0.05, 0) is 74.6 Å². The summed E-state index contributed by atoms with van der Waals surface area (Å²) < 4.78 is 52.9. The zero-order chi connectivity index (χ0) is 29.8. The lowest BCUT2D eigenvalue weighted by molar-refractivity contribution is 0.0983. The van der Waals surface area contributed by atoms with Crippen LogP contribution >= 0.6 is 11.3 Å². The van der Waals surface area contributed by atoms with Crippen LogP contribution in [-0.2, 0) is 19.9 Å². The summed E-state index contributed by atoms with van der Waals surface area (Å²) in [6, 6.07) is 19.5. The average molecular weight is 615 g/mol. The van der Waals surface area contributed by atoms with Crippen LogP contribution in [0.5, 0.6) is 0 Å². The summed E-state index contributed by atoms with van der Waals surface area (Å²) in [5, 5.41) is 0.445. The molecule has 0 N–H and O–H groups in total. The molecule has 0 fully saturated rings. The van der Waals surface area contributed by atoms with Gasteiger partial charge in [-0.25, -0.2) is 21.8 Å². The van der Waals surface area contributed by atoms with Gasteiger partial charge in [-0.2, -0.15) is 0 Å². The largest absolute Gasteiger partial charge is 0.302 e. The van der Waals surface area contributed by atoms with Crippen molar-refractivity contribution >= 4 is 58.1 Å². The third kappa shape index (κ3) is 6.78. The van der Waals surface area contributed by atoms with Crippen molar-refractivity contribution in [1.82, 2.24) is 9.88 Å². The predicted octanol–water partition coefficient (Wildman–Crippen LogP) is 4.90. The number of hydrogen-bond donors (Lipinski definition) is 0. The minimum absolute atomic E-state index is 0.0859. The fraction of sp³-hybridized carbons (Fsp3) is 0.310. The van der Waals surface area contributed by atoms with Crippen molar-refractivity contribution in [3.05, 3.63) is 78.4 Å². The SMILES string of the molecule is CCN(CC)CCN(C(=O)c1ccc(S(=O)(=O)N(CC)c2ccccc2)cc1)c1nc2ccc(S(C)(=O)=O)cc2s1. The molecule has 41 heavy (non-hydrogen) atoms. The number of sulfone groups is 1. The zero-order valence-corrected chi connectivity index (χ0v) is 26.0. The molecule has 0 aliphatic heterocycles. The Morgan fingerprint density at radius 1 is 0.805 bits per heavy atom. The maximum atomic E-state index is 13.8. The van der Waals surface area contributed by atoms with Crippen molar-refractivity contribution in [3.8, 4) is 0 Å². The van der Waals surface area contributed by atoms with Gasteiger partial charge in [-0.1, -0.05) is 43.4 Å². The molecule has 0 spiro atoms. The van der Waals surface area contributed by atoms with Crippen LogP contribution in [-0.4, -0.2) is 71.6 Å². The number of carbonyl (C=O) groups is 1. The molecule has 3 aromatic carbocycles. The number of aromatic nitrogens is 1. The molecule has 0 atom stereocenters. The zero-order valence-electron chi connectivity index (χ0n) is 23.5. The number of nitrogens with zero attached hydrogens (tertiary/aromatic N) is 4. The van der Waals surface area contributed by atoms with E-state index >= 15 is 0 Å². The van der Waals surface area contributed by atoms with E-state index in [1.54, 1.807) is 48.2 Å². The van der Waals surface area contributed by atoms with E-state index in [9.17, 15) is 21.6 Å². The van der Waals surface area contributed by atoms with Crippen LogP contribution in [0.25, 0.3) is 10.2 Å². The summed E-state index contributed by atoms with van der Waals surface area (Å²) in [6.07, 6.45) is 1.15. The van der Waals surface area contributed by atoms with Gasteiger partial charge in [0.15, 0.2) is 15.0 Å². The maximum Gasteiger partial charge on any atom is 0.264 e. The van der Waals surface area contributed by atoms with Gasteiger partial charge in [0, 0.05) is 31.5 Å². The summed E-state index contributed by atoms with van der Waals surface area (Å²) in [7, 11) is -7.23. The molecule has 0 saturated heterocycles. The Kier molecular flexibility index (Phi) is 9.48. The summed E-state index contributed by atoms with van der Waals surface area (Å²) in [6.45, 7) is 8.73. The third-order valence-corrected chi connectivity index (χ3v) is 10.9. The van der Waals surface area contributed by atoms with Crippen molar-refractivity contribution in [1.29, 1.82) is 0 Å². The number of thiazole rings is 1. The smallest absolute Gasteiger partial charge is 0.264 e. The Bertz CT molecular complexity index is 1720. The summed E-state index contributed by atoms with van der Waals surface area (Å²) in [5.74, 6) is -0.320. The van der Waals surface area contributed by atoms with Crippen LogP contribution in [0.4, 0.5) is 10.8 Å². The Labute approximate surface area is 246 Å². The number of para-hydroxylation sites is 1. The fourth-order valence-electron chi connectivity index (χ4n) is 4.44. The predicted molar refractivity (Wildman–Crippen MR) is 165 cm³/mol. The van der Waals surface area contributed by atoms with E-state index in [0.717, 1.165) is 19.3 Å². The Morgan fingerprint density at radius 2 is 1.44 bits per heavy atom. The standard InChI is InChI=1S/C29H34N4O5S3/c1-5-31(6-2)19-20-32(29-30-26-18-17-25(40(4,35)36)21-27(26)39-29)28(34)22-13-15-24(16-14-22)41(37,38)33(7-3)23-11-9-8-10-12-23/h8-18,21H,5-7,19-20H2,1-4H3. The number of sulfonamides is 1. The lowest BCUT2D eigenvalue weighted by Crippen LogP contribution is -2.39. The van der Waals surface area contributed by atoms with Gasteiger partial charge >= 0.3 is 0 Å². The van der Waals surface area contributed by atoms with Crippen molar-refractivity contribution in [2.75, 3.05) is 48.2 Å². The number of likely N-dealkylation sites (N-methyl/N-ethyl adjacent to an activating group) is 1. The Hall–Kier alpha value is -3.32. The molecule has 1 amide bonds. The molecular weight excluding hydrogens is 581 g/mol. The molecule has 0 aliphatic carbocycles. The third-order valence-electron chi connectivity index (χ3n) is 6.81. The number of carbonyl (C=O) groups excluding carboxylic acids is 1. The van der Waals surface area contributed by atoms with Crippen molar-refractivity contribution in [2.45, 2.75) is 30.6 Å². The first kappa shape index (κ1) is 30.6. The molecule has 0 bridgehead atoms. The van der Waals surface area contributed by atoms with E-state index in [4.69, 9.17) is 0 Å². The van der Waals surface area contributed by atoms with Gasteiger partial charge in [0.1, 0.15) is 0 Å². The highest BCUT2D eigenvalue weighted by Crippen LogP contribution is 2.32. The molecule has 4 aromatic rings. The van der Waals surface area contributed by atoms with E-state index in [-0.39, 0.29) is 22.2 Å². The van der Waals surface area contributed by atoms with Crippen LogP contribution < -0.4 is 9.21 Å². The van der Waals surface area contributed by atoms with Crippen molar-refractivity contribution in [3.63, 3.8) is 0 Å². The Balaban J connectivity index is 1.67. The number of fused-ring (bicyclic) bond motifs is 1. The lowest BCUT2D eigenvalue weighted by Gasteiger charge is -2.25. The second-order valence-electron chi connectivity index (χ2n) is 9.41. The first-order valence-corrected chi connectivity index (χ1v) is 17.5. The van der Waals surface area contributed by atoms with E-state index in [1.165, 1.54) is 46.0 Å². The molecule has 0 saturated carbocycles. The topological polar surface area (TPSA) is 108 Å². The van der Waals surface area contributed by atoms with Crippen LogP contribution in [0, 0.1) is 0 Å². The molecule has 0 unspecified atom stereocenters. The molecular formula is C29H34N4O5S3. The fourth-order valence-corrected chi connectivity index (χ4v) is 7.67. The molecule has 0 radical (unpaired) electrons. The van der Waals surface area contributed by atoms with Crippen LogP contribution in [0.1, 0.15) is 31.1 Å². The molecule has 12 heteroatoms. The van der Waals surface area contributed by atoms with Crippen molar-refractivity contribution in [2.24, 2.45) is 0 Å². The quantitative estimate of drug-likeness (QED) is 0.223. The van der Waals surface area contributed by atoms with E-state index in [2.05, 4.69) is 9.88 Å². The van der Waals surface area contributed by atoms with E-state index in [0.29, 0.717) is 39.7 Å². The van der Waals surface area contributed by atoms with Gasteiger partial charge < -0.3 is 4.90 Å². The van der Waals surface area contributed by atoms with Gasteiger partial charge in [0.25, 0.3) is 15.9 Å².